The zero-order valence-corrected chi connectivity index (χ0v) is 9.21. The Balaban J connectivity index is 1.93. The second-order valence-electron chi connectivity index (χ2n) is 5.13. The van der Waals surface area contributed by atoms with Gasteiger partial charge in [-0.25, -0.2) is 0 Å². The number of hydrogen-bond acceptors (Lipinski definition) is 2. The van der Waals surface area contributed by atoms with Crippen LogP contribution in [0.3, 0.4) is 0 Å². The number of aliphatic hydroxyl groups excluding tert-OH is 1. The molecule has 2 rings (SSSR count). The van der Waals surface area contributed by atoms with Gasteiger partial charge in [-0.05, 0) is 57.4 Å². The summed E-state index contributed by atoms with van der Waals surface area (Å²) in [6.07, 6.45) is 7.73. The minimum Gasteiger partial charge on any atom is -0.393 e. The SMILES string of the molecule is CC(O)C1CCC2NCCCCC2C1. The second kappa shape index (κ2) is 4.63. The number of fused-ring (bicyclic) bond motifs is 1. The van der Waals surface area contributed by atoms with Gasteiger partial charge >= 0.3 is 0 Å². The van der Waals surface area contributed by atoms with Gasteiger partial charge < -0.3 is 10.4 Å². The Bertz CT molecular complexity index is 181. The van der Waals surface area contributed by atoms with E-state index in [0.29, 0.717) is 5.92 Å². The molecule has 0 aromatic heterocycles. The van der Waals surface area contributed by atoms with Gasteiger partial charge in [0, 0.05) is 6.04 Å². The van der Waals surface area contributed by atoms with E-state index in [9.17, 15) is 5.11 Å². The van der Waals surface area contributed by atoms with E-state index >= 15 is 0 Å². The van der Waals surface area contributed by atoms with Gasteiger partial charge in [-0.2, -0.15) is 0 Å². The molecule has 0 spiro atoms. The van der Waals surface area contributed by atoms with Crippen molar-refractivity contribution >= 4 is 0 Å². The van der Waals surface area contributed by atoms with Gasteiger partial charge in [-0.1, -0.05) is 6.42 Å². The summed E-state index contributed by atoms with van der Waals surface area (Å²) in [4.78, 5) is 0. The Morgan fingerprint density at radius 3 is 2.86 bits per heavy atom. The van der Waals surface area contributed by atoms with Crippen LogP contribution in [0.4, 0.5) is 0 Å². The van der Waals surface area contributed by atoms with Crippen LogP contribution in [0.2, 0.25) is 0 Å². The molecule has 14 heavy (non-hydrogen) atoms. The van der Waals surface area contributed by atoms with Gasteiger partial charge in [0.25, 0.3) is 0 Å². The molecule has 1 saturated carbocycles. The average Bonchev–Trinajstić information content (AvgIpc) is 2.41. The molecule has 4 unspecified atom stereocenters. The Kier molecular flexibility index (Phi) is 3.45. The molecular formula is C12H23NO. The van der Waals surface area contributed by atoms with Crippen LogP contribution in [-0.2, 0) is 0 Å². The third-order valence-electron chi connectivity index (χ3n) is 4.11. The highest BCUT2D eigenvalue weighted by Gasteiger charge is 2.32. The monoisotopic (exact) mass is 197 g/mol. The fourth-order valence-corrected chi connectivity index (χ4v) is 3.15. The van der Waals surface area contributed by atoms with Crippen molar-refractivity contribution in [3.8, 4) is 0 Å². The number of aliphatic hydroxyl groups is 1. The quantitative estimate of drug-likeness (QED) is 0.673. The molecule has 1 heterocycles. The molecule has 0 radical (unpaired) electrons. The summed E-state index contributed by atoms with van der Waals surface area (Å²) in [5.74, 6) is 1.40. The highest BCUT2D eigenvalue weighted by atomic mass is 16.3. The zero-order chi connectivity index (χ0) is 9.97. The topological polar surface area (TPSA) is 32.3 Å². The van der Waals surface area contributed by atoms with Crippen LogP contribution >= 0.6 is 0 Å². The van der Waals surface area contributed by atoms with Crippen LogP contribution in [0.1, 0.15) is 45.4 Å². The van der Waals surface area contributed by atoms with Crippen LogP contribution in [-0.4, -0.2) is 23.8 Å². The van der Waals surface area contributed by atoms with Gasteiger partial charge in [0.05, 0.1) is 6.10 Å². The fraction of sp³-hybridized carbons (Fsp3) is 1.00. The van der Waals surface area contributed by atoms with Gasteiger partial charge in [0.2, 0.25) is 0 Å². The molecule has 2 heteroatoms. The summed E-state index contributed by atoms with van der Waals surface area (Å²) in [5.41, 5.74) is 0. The Morgan fingerprint density at radius 2 is 2.07 bits per heavy atom. The van der Waals surface area contributed by atoms with E-state index in [2.05, 4.69) is 5.32 Å². The van der Waals surface area contributed by atoms with Crippen LogP contribution in [0.25, 0.3) is 0 Å². The molecule has 2 nitrogen and oxygen atoms in total. The van der Waals surface area contributed by atoms with E-state index in [1.807, 2.05) is 6.92 Å². The second-order valence-corrected chi connectivity index (χ2v) is 5.13. The normalized spacial score (nSPS) is 41.1. The first kappa shape index (κ1) is 10.4. The van der Waals surface area contributed by atoms with Gasteiger partial charge in [0.1, 0.15) is 0 Å². The third kappa shape index (κ3) is 2.29. The number of rotatable bonds is 1. The molecule has 1 saturated heterocycles. The molecule has 0 bridgehead atoms. The van der Waals surface area contributed by atoms with Gasteiger partial charge in [-0.15, -0.1) is 0 Å². The maximum atomic E-state index is 9.62. The first-order chi connectivity index (χ1) is 6.77. The zero-order valence-electron chi connectivity index (χ0n) is 9.21. The van der Waals surface area contributed by atoms with E-state index in [0.717, 1.165) is 12.0 Å². The van der Waals surface area contributed by atoms with E-state index < -0.39 is 0 Å². The highest BCUT2D eigenvalue weighted by Crippen LogP contribution is 2.35. The summed E-state index contributed by atoms with van der Waals surface area (Å²) in [6, 6.07) is 0.757. The van der Waals surface area contributed by atoms with Crippen molar-refractivity contribution in [3.63, 3.8) is 0 Å². The molecule has 0 aromatic rings. The maximum absolute atomic E-state index is 9.62. The van der Waals surface area contributed by atoms with Crippen LogP contribution in [0.15, 0.2) is 0 Å². The first-order valence-corrected chi connectivity index (χ1v) is 6.19. The van der Waals surface area contributed by atoms with E-state index in [4.69, 9.17) is 0 Å². The van der Waals surface area contributed by atoms with Crippen LogP contribution in [0.5, 0.6) is 0 Å². The molecule has 1 aliphatic heterocycles. The summed E-state index contributed by atoms with van der Waals surface area (Å²) >= 11 is 0. The Hall–Kier alpha value is -0.0800. The van der Waals surface area contributed by atoms with Crippen LogP contribution in [0, 0.1) is 11.8 Å². The lowest BCUT2D eigenvalue weighted by molar-refractivity contribution is 0.0707. The molecule has 82 valence electrons. The first-order valence-electron chi connectivity index (χ1n) is 6.19. The summed E-state index contributed by atoms with van der Waals surface area (Å²) < 4.78 is 0. The van der Waals surface area contributed by atoms with Crippen molar-refractivity contribution < 1.29 is 5.11 Å². The van der Waals surface area contributed by atoms with Crippen molar-refractivity contribution in [2.45, 2.75) is 57.6 Å². The lowest BCUT2D eigenvalue weighted by Gasteiger charge is -2.36. The van der Waals surface area contributed by atoms with E-state index in [-0.39, 0.29) is 6.10 Å². The third-order valence-corrected chi connectivity index (χ3v) is 4.11. The van der Waals surface area contributed by atoms with E-state index in [1.165, 1.54) is 45.1 Å². The minimum absolute atomic E-state index is 0.0980. The number of hydrogen-bond donors (Lipinski definition) is 2. The Labute approximate surface area is 87.1 Å². The lowest BCUT2D eigenvalue weighted by atomic mass is 9.74. The predicted octanol–water partition coefficient (Wildman–Crippen LogP) is 1.93. The average molecular weight is 197 g/mol. The van der Waals surface area contributed by atoms with Crippen molar-refractivity contribution in [2.24, 2.45) is 11.8 Å². The van der Waals surface area contributed by atoms with E-state index in [1.54, 1.807) is 0 Å². The van der Waals surface area contributed by atoms with Gasteiger partial charge in [0.15, 0.2) is 0 Å². The largest absolute Gasteiger partial charge is 0.393 e. The van der Waals surface area contributed by atoms with Crippen molar-refractivity contribution in [1.29, 1.82) is 0 Å². The van der Waals surface area contributed by atoms with Crippen molar-refractivity contribution in [2.75, 3.05) is 6.54 Å². The predicted molar refractivity (Wildman–Crippen MR) is 58.2 cm³/mol. The highest BCUT2D eigenvalue weighted by molar-refractivity contribution is 4.87. The molecular weight excluding hydrogens is 174 g/mol. The van der Waals surface area contributed by atoms with Crippen LogP contribution < -0.4 is 5.32 Å². The molecule has 4 atom stereocenters. The molecule has 0 amide bonds. The maximum Gasteiger partial charge on any atom is 0.0540 e. The van der Waals surface area contributed by atoms with Crippen molar-refractivity contribution in [1.82, 2.24) is 5.32 Å². The van der Waals surface area contributed by atoms with Crippen molar-refractivity contribution in [3.05, 3.63) is 0 Å². The lowest BCUT2D eigenvalue weighted by Crippen LogP contribution is -2.41. The summed E-state index contributed by atoms with van der Waals surface area (Å²) in [7, 11) is 0. The Morgan fingerprint density at radius 1 is 1.21 bits per heavy atom. The molecule has 2 fully saturated rings. The summed E-state index contributed by atoms with van der Waals surface area (Å²) in [5, 5.41) is 13.3. The van der Waals surface area contributed by atoms with Gasteiger partial charge in [-0.3, -0.25) is 0 Å². The smallest absolute Gasteiger partial charge is 0.0540 e. The number of nitrogens with one attached hydrogen (secondary N) is 1. The summed E-state index contributed by atoms with van der Waals surface area (Å²) in [6.45, 7) is 3.16. The standard InChI is InChI=1S/C12H23NO/c1-9(14)10-5-6-12-11(8-10)4-2-3-7-13-12/h9-14H,2-8H2,1H3. The molecule has 2 aliphatic rings. The molecule has 1 aliphatic carbocycles. The molecule has 0 aromatic carbocycles. The fourth-order valence-electron chi connectivity index (χ4n) is 3.15. The minimum atomic E-state index is -0.0980. The molecule has 2 N–H and O–H groups in total.